The quantitative estimate of drug-likeness (QED) is 0.601. The molecule has 0 rings (SSSR count). The summed E-state index contributed by atoms with van der Waals surface area (Å²) in [4.78, 5) is 0. The van der Waals surface area contributed by atoms with E-state index in [9.17, 15) is 0 Å². The van der Waals surface area contributed by atoms with Gasteiger partial charge in [0.1, 0.15) is 0 Å². The Morgan fingerprint density at radius 1 is 1.00 bits per heavy atom. The van der Waals surface area contributed by atoms with Crippen molar-refractivity contribution < 1.29 is 5.11 Å². The summed E-state index contributed by atoms with van der Waals surface area (Å²) in [6, 6.07) is 0. The molecule has 0 aliphatic heterocycles. The highest BCUT2D eigenvalue weighted by Gasteiger charge is 2.08. The van der Waals surface area contributed by atoms with Gasteiger partial charge in [-0.1, -0.05) is 33.6 Å². The second-order valence-electron chi connectivity index (χ2n) is 4.09. The molecular formula is C9H20O. The van der Waals surface area contributed by atoms with Gasteiger partial charge in [-0.05, 0) is 18.3 Å². The lowest BCUT2D eigenvalue weighted by molar-refractivity contribution is 0.275. The molecule has 0 radical (unpaired) electrons. The fourth-order valence-electron chi connectivity index (χ4n) is 0.944. The van der Waals surface area contributed by atoms with Gasteiger partial charge in [0, 0.05) is 6.61 Å². The van der Waals surface area contributed by atoms with Crippen LogP contribution in [0, 0.1) is 5.41 Å². The summed E-state index contributed by atoms with van der Waals surface area (Å²) in [5.74, 6) is 0. The average Bonchev–Trinajstić information content (AvgIpc) is 1.78. The molecule has 0 aliphatic carbocycles. The van der Waals surface area contributed by atoms with E-state index >= 15 is 0 Å². The molecule has 0 aromatic rings. The first-order valence-corrected chi connectivity index (χ1v) is 4.17. The largest absolute Gasteiger partial charge is 0.396 e. The Balaban J connectivity index is 3.04. The molecule has 0 atom stereocenters. The van der Waals surface area contributed by atoms with Crippen molar-refractivity contribution in [3.05, 3.63) is 0 Å². The Labute approximate surface area is 64.5 Å². The van der Waals surface area contributed by atoms with E-state index in [4.69, 9.17) is 5.11 Å². The normalized spacial score (nSPS) is 12.0. The van der Waals surface area contributed by atoms with Crippen LogP contribution in [0.3, 0.4) is 0 Å². The summed E-state index contributed by atoms with van der Waals surface area (Å²) in [7, 11) is 0. The molecule has 0 bridgehead atoms. The molecule has 0 heterocycles. The van der Waals surface area contributed by atoms with Gasteiger partial charge in [-0.2, -0.15) is 0 Å². The molecule has 0 saturated carbocycles. The van der Waals surface area contributed by atoms with Gasteiger partial charge in [0.15, 0.2) is 0 Å². The Bertz CT molecular complexity index is 71.3. The molecule has 10 heavy (non-hydrogen) atoms. The van der Waals surface area contributed by atoms with Gasteiger partial charge < -0.3 is 5.11 Å². The van der Waals surface area contributed by atoms with E-state index in [2.05, 4.69) is 20.8 Å². The van der Waals surface area contributed by atoms with Gasteiger partial charge in [-0.15, -0.1) is 0 Å². The van der Waals surface area contributed by atoms with Crippen LogP contribution in [-0.2, 0) is 0 Å². The molecule has 0 amide bonds. The smallest absolute Gasteiger partial charge is 0.0431 e. The predicted octanol–water partition coefficient (Wildman–Crippen LogP) is 2.59. The summed E-state index contributed by atoms with van der Waals surface area (Å²) in [6.45, 7) is 7.12. The number of unbranched alkanes of at least 4 members (excludes halogenated alkanes) is 2. The predicted molar refractivity (Wildman–Crippen MR) is 45.0 cm³/mol. The minimum absolute atomic E-state index is 0.351. The van der Waals surface area contributed by atoms with E-state index in [0.29, 0.717) is 12.0 Å². The molecule has 0 aromatic heterocycles. The van der Waals surface area contributed by atoms with Crippen LogP contribution in [0.1, 0.15) is 46.5 Å². The van der Waals surface area contributed by atoms with Crippen LogP contribution >= 0.6 is 0 Å². The maximum Gasteiger partial charge on any atom is 0.0431 e. The Morgan fingerprint density at radius 3 is 2.00 bits per heavy atom. The molecule has 0 spiro atoms. The van der Waals surface area contributed by atoms with Crippen LogP contribution in [0.4, 0.5) is 0 Å². The zero-order chi connectivity index (χ0) is 8.04. The maximum absolute atomic E-state index is 8.50. The first kappa shape index (κ1) is 9.96. The molecule has 0 saturated heterocycles. The van der Waals surface area contributed by atoms with Crippen molar-refractivity contribution in [1.29, 1.82) is 0 Å². The summed E-state index contributed by atoms with van der Waals surface area (Å²) in [6.07, 6.45) is 4.67. The van der Waals surface area contributed by atoms with Crippen LogP contribution in [0.25, 0.3) is 0 Å². The van der Waals surface area contributed by atoms with Crippen LogP contribution in [-0.4, -0.2) is 11.7 Å². The Morgan fingerprint density at radius 2 is 1.60 bits per heavy atom. The minimum atomic E-state index is 0.351. The van der Waals surface area contributed by atoms with Gasteiger partial charge >= 0.3 is 0 Å². The third kappa shape index (κ3) is 7.96. The summed E-state index contributed by atoms with van der Waals surface area (Å²) < 4.78 is 0. The lowest BCUT2D eigenvalue weighted by atomic mass is 9.89. The zero-order valence-electron chi connectivity index (χ0n) is 7.48. The number of aliphatic hydroxyl groups excluding tert-OH is 1. The zero-order valence-corrected chi connectivity index (χ0v) is 7.48. The van der Waals surface area contributed by atoms with Crippen LogP contribution in [0.5, 0.6) is 0 Å². The van der Waals surface area contributed by atoms with E-state index in [1.165, 1.54) is 19.3 Å². The highest BCUT2D eigenvalue weighted by Crippen LogP contribution is 2.21. The van der Waals surface area contributed by atoms with E-state index < -0.39 is 0 Å². The monoisotopic (exact) mass is 144 g/mol. The number of aliphatic hydroxyl groups is 1. The lowest BCUT2D eigenvalue weighted by Gasteiger charge is -2.17. The third-order valence-corrected chi connectivity index (χ3v) is 1.58. The first-order valence-electron chi connectivity index (χ1n) is 4.17. The molecule has 0 unspecified atom stereocenters. The summed E-state index contributed by atoms with van der Waals surface area (Å²) in [5.41, 5.74) is 0.468. The van der Waals surface area contributed by atoms with E-state index in [-0.39, 0.29) is 0 Å². The lowest BCUT2D eigenvalue weighted by Crippen LogP contribution is -2.04. The molecule has 0 aliphatic rings. The first-order chi connectivity index (χ1) is 4.56. The summed E-state index contributed by atoms with van der Waals surface area (Å²) in [5, 5.41) is 8.50. The van der Waals surface area contributed by atoms with E-state index in [1.807, 2.05) is 0 Å². The molecule has 0 fully saturated rings. The van der Waals surface area contributed by atoms with Crippen molar-refractivity contribution in [2.75, 3.05) is 6.61 Å². The van der Waals surface area contributed by atoms with Gasteiger partial charge in [-0.25, -0.2) is 0 Å². The van der Waals surface area contributed by atoms with Crippen molar-refractivity contribution in [1.82, 2.24) is 0 Å². The topological polar surface area (TPSA) is 20.2 Å². The molecule has 1 N–H and O–H groups in total. The third-order valence-electron chi connectivity index (χ3n) is 1.58. The van der Waals surface area contributed by atoms with Gasteiger partial charge in [-0.3, -0.25) is 0 Å². The van der Waals surface area contributed by atoms with Crippen molar-refractivity contribution >= 4 is 0 Å². The second kappa shape index (κ2) is 4.73. The minimum Gasteiger partial charge on any atom is -0.396 e. The number of hydrogen-bond donors (Lipinski definition) is 1. The van der Waals surface area contributed by atoms with Crippen molar-refractivity contribution in [3.8, 4) is 0 Å². The fraction of sp³-hybridized carbons (Fsp3) is 1.00. The molecular weight excluding hydrogens is 124 g/mol. The number of rotatable bonds is 4. The fourth-order valence-corrected chi connectivity index (χ4v) is 0.944. The highest BCUT2D eigenvalue weighted by atomic mass is 16.2. The van der Waals surface area contributed by atoms with Crippen molar-refractivity contribution in [2.24, 2.45) is 5.41 Å². The van der Waals surface area contributed by atoms with Crippen molar-refractivity contribution in [2.45, 2.75) is 46.5 Å². The molecule has 0 aromatic carbocycles. The standard InChI is InChI=1S/C9H20O/c1-9(2,3)7-5-4-6-8-10/h10H,4-8H2,1-3H3. The van der Waals surface area contributed by atoms with Crippen LogP contribution in [0.15, 0.2) is 0 Å². The van der Waals surface area contributed by atoms with Crippen LogP contribution < -0.4 is 0 Å². The second-order valence-corrected chi connectivity index (χ2v) is 4.09. The van der Waals surface area contributed by atoms with E-state index in [1.54, 1.807) is 0 Å². The molecule has 62 valence electrons. The van der Waals surface area contributed by atoms with E-state index in [0.717, 1.165) is 6.42 Å². The maximum atomic E-state index is 8.50. The van der Waals surface area contributed by atoms with Crippen molar-refractivity contribution in [3.63, 3.8) is 0 Å². The number of hydrogen-bond acceptors (Lipinski definition) is 1. The van der Waals surface area contributed by atoms with Crippen LogP contribution in [0.2, 0.25) is 0 Å². The SMILES string of the molecule is CC(C)(C)CCCCCO. The van der Waals surface area contributed by atoms with Gasteiger partial charge in [0.05, 0.1) is 0 Å². The summed E-state index contributed by atoms with van der Waals surface area (Å²) >= 11 is 0. The molecule has 1 heteroatoms. The average molecular weight is 144 g/mol. The Kier molecular flexibility index (Phi) is 4.71. The molecule has 1 nitrogen and oxygen atoms in total. The highest BCUT2D eigenvalue weighted by molar-refractivity contribution is 4.60. The van der Waals surface area contributed by atoms with Gasteiger partial charge in [0.2, 0.25) is 0 Å². The van der Waals surface area contributed by atoms with Gasteiger partial charge in [0.25, 0.3) is 0 Å². The Hall–Kier alpha value is -0.0400.